The van der Waals surface area contributed by atoms with Crippen molar-refractivity contribution in [3.63, 3.8) is 0 Å². The second-order valence-corrected chi connectivity index (χ2v) is 6.85. The number of aliphatic hydroxyl groups excluding tert-OH is 1. The zero-order chi connectivity index (χ0) is 19.4. The van der Waals surface area contributed by atoms with Crippen molar-refractivity contribution in [3.05, 3.63) is 63.4 Å². The van der Waals surface area contributed by atoms with Gasteiger partial charge in [0.2, 0.25) is 0 Å². The van der Waals surface area contributed by atoms with Gasteiger partial charge < -0.3 is 10.4 Å². The van der Waals surface area contributed by atoms with Gasteiger partial charge in [0.05, 0.1) is 21.6 Å². The van der Waals surface area contributed by atoms with Crippen molar-refractivity contribution in [2.75, 3.05) is 6.54 Å². The monoisotopic (exact) mass is 379 g/mol. The first-order chi connectivity index (χ1) is 13.0. The largest absolute Gasteiger partial charge is 0.386 e. The summed E-state index contributed by atoms with van der Waals surface area (Å²) in [6.45, 7) is 3.75. The third kappa shape index (κ3) is 4.16. The van der Waals surface area contributed by atoms with Gasteiger partial charge in [-0.15, -0.1) is 11.3 Å². The van der Waals surface area contributed by atoms with Gasteiger partial charge in [0.1, 0.15) is 12.2 Å². The Bertz CT molecular complexity index is 1010. The highest BCUT2D eigenvalue weighted by Crippen LogP contribution is 2.22. The van der Waals surface area contributed by atoms with E-state index in [0.717, 1.165) is 16.1 Å². The van der Waals surface area contributed by atoms with Crippen LogP contribution in [0.5, 0.6) is 0 Å². The van der Waals surface area contributed by atoms with Crippen LogP contribution in [-0.2, 0) is 0 Å². The molecule has 3 rings (SSSR count). The summed E-state index contributed by atoms with van der Waals surface area (Å²) in [4.78, 5) is 25.8. The fraction of sp³-hybridized carbons (Fsp3) is 0.211. The number of aryl methyl sites for hydroxylation is 2. The minimum atomic E-state index is -0.799. The Labute approximate surface area is 160 Å². The maximum Gasteiger partial charge on any atom is 0.251 e. The summed E-state index contributed by atoms with van der Waals surface area (Å²) in [6.07, 6.45) is 2.08. The Hall–Kier alpha value is -3.15. The van der Waals surface area contributed by atoms with E-state index < -0.39 is 6.10 Å². The second-order valence-electron chi connectivity index (χ2n) is 5.96. The van der Waals surface area contributed by atoms with E-state index in [0.29, 0.717) is 22.5 Å². The number of carbonyl (C=O) groups is 1. The van der Waals surface area contributed by atoms with Gasteiger partial charge in [0, 0.05) is 30.1 Å². The Balaban J connectivity index is 1.76. The lowest BCUT2D eigenvalue weighted by Crippen LogP contribution is -2.29. The smallest absolute Gasteiger partial charge is 0.251 e. The number of nitriles is 1. The molecule has 8 heteroatoms. The first-order valence-corrected chi connectivity index (χ1v) is 9.07. The molecule has 0 aliphatic heterocycles. The normalized spacial score (nSPS) is 11.6. The van der Waals surface area contributed by atoms with Gasteiger partial charge in [-0.05, 0) is 25.5 Å². The third-order valence-electron chi connectivity index (χ3n) is 4.06. The highest BCUT2D eigenvalue weighted by Gasteiger charge is 2.16. The van der Waals surface area contributed by atoms with E-state index in [1.54, 1.807) is 11.6 Å². The molecule has 0 unspecified atom stereocenters. The molecule has 1 aromatic carbocycles. The Morgan fingerprint density at radius 1 is 1.30 bits per heavy atom. The average molecular weight is 379 g/mol. The number of benzene rings is 1. The lowest BCUT2D eigenvalue weighted by atomic mass is 10.0. The highest BCUT2D eigenvalue weighted by atomic mass is 32.1. The lowest BCUT2D eigenvalue weighted by molar-refractivity contribution is 0.0917. The number of carbonyl (C=O) groups excluding carboxylic acids is 1. The second kappa shape index (κ2) is 8.03. The van der Waals surface area contributed by atoms with Crippen LogP contribution in [0.15, 0.2) is 36.1 Å². The van der Waals surface area contributed by atoms with Gasteiger partial charge in [-0.2, -0.15) is 5.26 Å². The Kier molecular flexibility index (Phi) is 5.54. The van der Waals surface area contributed by atoms with Gasteiger partial charge >= 0.3 is 0 Å². The molecule has 0 radical (unpaired) electrons. The van der Waals surface area contributed by atoms with Crippen molar-refractivity contribution < 1.29 is 9.90 Å². The predicted molar refractivity (Wildman–Crippen MR) is 101 cm³/mol. The molecule has 3 aromatic rings. The van der Waals surface area contributed by atoms with Gasteiger partial charge in [0.15, 0.2) is 5.82 Å². The van der Waals surface area contributed by atoms with Crippen molar-refractivity contribution in [2.45, 2.75) is 20.0 Å². The molecule has 7 nitrogen and oxygen atoms in total. The summed E-state index contributed by atoms with van der Waals surface area (Å²) in [7, 11) is 0. The highest BCUT2D eigenvalue weighted by molar-refractivity contribution is 7.09. The lowest BCUT2D eigenvalue weighted by Gasteiger charge is -2.13. The summed E-state index contributed by atoms with van der Waals surface area (Å²) in [6, 6.07) is 7.31. The molecule has 136 valence electrons. The van der Waals surface area contributed by atoms with E-state index in [2.05, 4.69) is 20.3 Å². The molecule has 0 saturated heterocycles. The third-order valence-corrected chi connectivity index (χ3v) is 5.09. The number of amides is 1. The summed E-state index contributed by atoms with van der Waals surface area (Å²) >= 11 is 1.36. The van der Waals surface area contributed by atoms with Crippen LogP contribution in [0.1, 0.15) is 38.2 Å². The predicted octanol–water partition coefficient (Wildman–Crippen LogP) is 2.55. The molecule has 0 bridgehead atoms. The van der Waals surface area contributed by atoms with Gasteiger partial charge in [0.25, 0.3) is 5.91 Å². The molecule has 0 fully saturated rings. The van der Waals surface area contributed by atoms with Gasteiger partial charge in [-0.25, -0.2) is 15.0 Å². The number of nitrogens with one attached hydrogen (secondary N) is 1. The van der Waals surface area contributed by atoms with Crippen molar-refractivity contribution >= 4 is 17.2 Å². The number of aliphatic hydroxyl groups is 1. The SMILES string of the molecule is Cc1ccc(-c2ncc(C#N)cn2)cc1C(=O)NC[C@@H](O)c1scnc1C. The maximum absolute atomic E-state index is 12.6. The summed E-state index contributed by atoms with van der Waals surface area (Å²) in [5.41, 5.74) is 4.76. The van der Waals surface area contributed by atoms with Gasteiger partial charge in [-0.1, -0.05) is 12.1 Å². The number of hydrogen-bond donors (Lipinski definition) is 2. The number of thiazole rings is 1. The van der Waals surface area contributed by atoms with Crippen molar-refractivity contribution in [1.29, 1.82) is 5.26 Å². The number of aromatic nitrogens is 3. The molecule has 0 aliphatic rings. The Morgan fingerprint density at radius 3 is 2.67 bits per heavy atom. The topological polar surface area (TPSA) is 112 Å². The number of nitrogens with zero attached hydrogens (tertiary/aromatic N) is 4. The van der Waals surface area contributed by atoms with Crippen LogP contribution in [0.4, 0.5) is 0 Å². The van der Waals surface area contributed by atoms with Crippen LogP contribution in [0.25, 0.3) is 11.4 Å². The van der Waals surface area contributed by atoms with Crippen LogP contribution in [0.2, 0.25) is 0 Å². The van der Waals surface area contributed by atoms with E-state index in [4.69, 9.17) is 5.26 Å². The minimum absolute atomic E-state index is 0.0961. The molecule has 2 N–H and O–H groups in total. The van der Waals surface area contributed by atoms with Crippen LogP contribution in [-0.4, -0.2) is 32.5 Å². The maximum atomic E-state index is 12.6. The number of rotatable bonds is 5. The molecule has 27 heavy (non-hydrogen) atoms. The zero-order valence-corrected chi connectivity index (χ0v) is 15.6. The van der Waals surface area contributed by atoms with Crippen molar-refractivity contribution in [2.24, 2.45) is 0 Å². The van der Waals surface area contributed by atoms with Crippen LogP contribution in [0, 0.1) is 25.2 Å². The van der Waals surface area contributed by atoms with E-state index in [1.165, 1.54) is 23.7 Å². The summed E-state index contributed by atoms with van der Waals surface area (Å²) in [5, 5.41) is 21.8. The number of hydrogen-bond acceptors (Lipinski definition) is 7. The van der Waals surface area contributed by atoms with Crippen LogP contribution in [0.3, 0.4) is 0 Å². The molecule has 0 spiro atoms. The summed E-state index contributed by atoms with van der Waals surface area (Å²) in [5.74, 6) is 0.146. The molecule has 1 atom stereocenters. The van der Waals surface area contributed by atoms with Crippen LogP contribution >= 0.6 is 11.3 Å². The first-order valence-electron chi connectivity index (χ1n) is 8.19. The standard InChI is InChI=1S/C19H17N5O2S/c1-11-3-4-14(18-21-7-13(6-20)8-22-18)5-15(11)19(26)23-9-16(25)17-12(2)24-10-27-17/h3-5,7-8,10,16,25H,9H2,1-2H3,(H,23,26)/t16-/m1/s1. The van der Waals surface area contributed by atoms with Gasteiger partial charge in [-0.3, -0.25) is 4.79 Å². The Morgan fingerprint density at radius 2 is 2.04 bits per heavy atom. The fourth-order valence-electron chi connectivity index (χ4n) is 2.55. The molecular formula is C19H17N5O2S. The van der Waals surface area contributed by atoms with Crippen LogP contribution < -0.4 is 5.32 Å². The first kappa shape index (κ1) is 18.6. The molecule has 1 amide bonds. The average Bonchev–Trinajstić information content (AvgIpc) is 3.12. The molecule has 0 aliphatic carbocycles. The molecule has 2 aromatic heterocycles. The molecule has 0 saturated carbocycles. The quantitative estimate of drug-likeness (QED) is 0.705. The minimum Gasteiger partial charge on any atom is -0.386 e. The van der Waals surface area contributed by atoms with E-state index in [9.17, 15) is 9.90 Å². The molecule has 2 heterocycles. The van der Waals surface area contributed by atoms with E-state index >= 15 is 0 Å². The van der Waals surface area contributed by atoms with E-state index in [-0.39, 0.29) is 12.5 Å². The van der Waals surface area contributed by atoms with Crippen molar-refractivity contribution in [3.8, 4) is 17.5 Å². The zero-order valence-electron chi connectivity index (χ0n) is 14.8. The summed E-state index contributed by atoms with van der Waals surface area (Å²) < 4.78 is 0. The van der Waals surface area contributed by atoms with E-state index in [1.807, 2.05) is 32.0 Å². The molecular weight excluding hydrogens is 362 g/mol. The fourth-order valence-corrected chi connectivity index (χ4v) is 3.34. The van der Waals surface area contributed by atoms with Crippen molar-refractivity contribution in [1.82, 2.24) is 20.3 Å².